The first-order chi connectivity index (χ1) is 10.4. The number of rotatable bonds is 4. The van der Waals surface area contributed by atoms with Gasteiger partial charge in [0, 0.05) is 11.1 Å². The third kappa shape index (κ3) is 2.50. The minimum Gasteiger partial charge on any atom is -0.496 e. The largest absolute Gasteiger partial charge is 0.496 e. The van der Waals surface area contributed by atoms with Crippen LogP contribution in [0.3, 0.4) is 0 Å². The van der Waals surface area contributed by atoms with Gasteiger partial charge < -0.3 is 14.6 Å². The number of alkyl halides is 3. The Hall–Kier alpha value is -2.21. The number of ether oxygens (including phenoxy) is 2. The molecule has 0 saturated heterocycles. The highest BCUT2D eigenvalue weighted by Gasteiger charge is 2.58. The molecule has 2 aromatic carbocycles. The number of hydrogen-bond donors (Lipinski definition) is 1. The maximum absolute atomic E-state index is 13.7. The van der Waals surface area contributed by atoms with E-state index >= 15 is 0 Å². The van der Waals surface area contributed by atoms with Crippen LogP contribution in [-0.2, 0) is 5.60 Å². The molecule has 0 bridgehead atoms. The zero-order valence-corrected chi connectivity index (χ0v) is 12.0. The maximum atomic E-state index is 13.7. The molecule has 118 valence electrons. The predicted octanol–water partition coefficient (Wildman–Crippen LogP) is 3.50. The summed E-state index contributed by atoms with van der Waals surface area (Å²) in [6, 6.07) is 11.0. The third-order valence-corrected chi connectivity index (χ3v) is 3.40. The second kappa shape index (κ2) is 5.88. The number of para-hydroxylation sites is 2. The van der Waals surface area contributed by atoms with E-state index in [4.69, 9.17) is 9.47 Å². The molecule has 0 fully saturated rings. The van der Waals surface area contributed by atoms with Gasteiger partial charge in [-0.25, -0.2) is 0 Å². The van der Waals surface area contributed by atoms with Crippen molar-refractivity contribution in [1.29, 1.82) is 0 Å². The Bertz CT molecular complexity index is 606. The van der Waals surface area contributed by atoms with Gasteiger partial charge in [0.15, 0.2) is 0 Å². The van der Waals surface area contributed by atoms with Crippen molar-refractivity contribution in [3.8, 4) is 11.5 Å². The number of hydrogen-bond acceptors (Lipinski definition) is 3. The Balaban J connectivity index is 2.80. The third-order valence-electron chi connectivity index (χ3n) is 3.40. The van der Waals surface area contributed by atoms with Crippen molar-refractivity contribution in [3.63, 3.8) is 0 Å². The Morgan fingerprint density at radius 2 is 1.14 bits per heavy atom. The Labute approximate surface area is 125 Å². The Morgan fingerprint density at radius 3 is 1.45 bits per heavy atom. The summed E-state index contributed by atoms with van der Waals surface area (Å²) in [6.45, 7) is 0. The van der Waals surface area contributed by atoms with E-state index in [-0.39, 0.29) is 11.5 Å². The Morgan fingerprint density at radius 1 is 0.773 bits per heavy atom. The first kappa shape index (κ1) is 16.2. The lowest BCUT2D eigenvalue weighted by molar-refractivity contribution is -0.249. The topological polar surface area (TPSA) is 38.7 Å². The molecule has 0 aliphatic carbocycles. The lowest BCUT2D eigenvalue weighted by Gasteiger charge is -2.33. The molecule has 2 rings (SSSR count). The van der Waals surface area contributed by atoms with Gasteiger partial charge in [-0.3, -0.25) is 0 Å². The van der Waals surface area contributed by atoms with Crippen molar-refractivity contribution in [2.45, 2.75) is 11.8 Å². The summed E-state index contributed by atoms with van der Waals surface area (Å²) >= 11 is 0. The summed E-state index contributed by atoms with van der Waals surface area (Å²) in [7, 11) is 2.50. The highest BCUT2D eigenvalue weighted by Crippen LogP contribution is 2.49. The predicted molar refractivity (Wildman–Crippen MR) is 75.0 cm³/mol. The average molecular weight is 312 g/mol. The van der Waals surface area contributed by atoms with Crippen LogP contribution in [0.4, 0.5) is 13.2 Å². The standard InChI is InChI=1S/C16H15F3O3/c1-21-13-9-5-3-7-11(13)15(20,16(17,18)19)12-8-4-6-10-14(12)22-2/h3-10,20H,1-2H3. The molecule has 0 aromatic heterocycles. The molecule has 0 radical (unpaired) electrons. The number of aliphatic hydroxyl groups is 1. The summed E-state index contributed by atoms with van der Waals surface area (Å²) in [5.74, 6) is -0.124. The van der Waals surface area contributed by atoms with E-state index in [2.05, 4.69) is 0 Å². The number of methoxy groups -OCH3 is 2. The molecule has 0 aliphatic heterocycles. The van der Waals surface area contributed by atoms with Crippen LogP contribution in [0, 0.1) is 0 Å². The number of halogens is 3. The van der Waals surface area contributed by atoms with Gasteiger partial charge in [0.2, 0.25) is 5.60 Å². The van der Waals surface area contributed by atoms with Crippen molar-refractivity contribution in [2.75, 3.05) is 14.2 Å². The van der Waals surface area contributed by atoms with Gasteiger partial charge in [0.1, 0.15) is 11.5 Å². The van der Waals surface area contributed by atoms with Crippen LogP contribution in [-0.4, -0.2) is 25.5 Å². The van der Waals surface area contributed by atoms with Crippen molar-refractivity contribution in [1.82, 2.24) is 0 Å². The quantitative estimate of drug-likeness (QED) is 0.939. The highest BCUT2D eigenvalue weighted by atomic mass is 19.4. The molecule has 0 heterocycles. The second-order valence-electron chi connectivity index (χ2n) is 4.61. The molecule has 0 saturated carbocycles. The molecule has 0 aliphatic rings. The van der Waals surface area contributed by atoms with E-state index in [9.17, 15) is 18.3 Å². The van der Waals surface area contributed by atoms with E-state index in [1.165, 1.54) is 62.8 Å². The maximum Gasteiger partial charge on any atom is 0.426 e. The first-order valence-electron chi connectivity index (χ1n) is 6.42. The average Bonchev–Trinajstić information content (AvgIpc) is 2.52. The van der Waals surface area contributed by atoms with Crippen LogP contribution in [0.1, 0.15) is 11.1 Å². The molecule has 0 spiro atoms. The lowest BCUT2D eigenvalue weighted by atomic mass is 9.84. The normalized spacial score (nSPS) is 12.1. The van der Waals surface area contributed by atoms with Crippen molar-refractivity contribution < 1.29 is 27.8 Å². The molecular formula is C16H15F3O3. The molecule has 2 aromatic rings. The fourth-order valence-corrected chi connectivity index (χ4v) is 2.34. The fraction of sp³-hybridized carbons (Fsp3) is 0.250. The van der Waals surface area contributed by atoms with Crippen molar-refractivity contribution in [2.24, 2.45) is 0 Å². The van der Waals surface area contributed by atoms with Crippen molar-refractivity contribution in [3.05, 3.63) is 59.7 Å². The van der Waals surface area contributed by atoms with E-state index in [1.54, 1.807) is 0 Å². The minimum atomic E-state index is -4.96. The highest BCUT2D eigenvalue weighted by molar-refractivity contribution is 5.50. The SMILES string of the molecule is COc1ccccc1C(O)(c1ccccc1OC)C(F)(F)F. The molecule has 0 atom stereocenters. The monoisotopic (exact) mass is 312 g/mol. The Kier molecular flexibility index (Phi) is 4.32. The molecule has 6 heteroatoms. The van der Waals surface area contributed by atoms with E-state index in [1.807, 2.05) is 0 Å². The molecular weight excluding hydrogens is 297 g/mol. The molecule has 1 N–H and O–H groups in total. The van der Waals surface area contributed by atoms with Crippen LogP contribution in [0.25, 0.3) is 0 Å². The van der Waals surface area contributed by atoms with Crippen LogP contribution in [0.5, 0.6) is 11.5 Å². The van der Waals surface area contributed by atoms with Crippen LogP contribution in [0.15, 0.2) is 48.5 Å². The zero-order valence-electron chi connectivity index (χ0n) is 12.0. The van der Waals surface area contributed by atoms with Crippen LogP contribution in [0.2, 0.25) is 0 Å². The molecule has 3 nitrogen and oxygen atoms in total. The minimum absolute atomic E-state index is 0.0618. The van der Waals surface area contributed by atoms with Gasteiger partial charge in [0.25, 0.3) is 0 Å². The summed E-state index contributed by atoms with van der Waals surface area (Å²) in [4.78, 5) is 0. The van der Waals surface area contributed by atoms with E-state index < -0.39 is 22.9 Å². The van der Waals surface area contributed by atoms with Crippen LogP contribution >= 0.6 is 0 Å². The van der Waals surface area contributed by atoms with E-state index in [0.29, 0.717) is 0 Å². The lowest BCUT2D eigenvalue weighted by Crippen LogP contribution is -2.43. The zero-order chi connectivity index (χ0) is 16.4. The van der Waals surface area contributed by atoms with Gasteiger partial charge >= 0.3 is 6.18 Å². The van der Waals surface area contributed by atoms with Gasteiger partial charge in [-0.2, -0.15) is 13.2 Å². The molecule has 22 heavy (non-hydrogen) atoms. The van der Waals surface area contributed by atoms with Gasteiger partial charge in [-0.15, -0.1) is 0 Å². The van der Waals surface area contributed by atoms with Gasteiger partial charge in [-0.1, -0.05) is 36.4 Å². The smallest absolute Gasteiger partial charge is 0.426 e. The summed E-state index contributed by atoms with van der Waals surface area (Å²) < 4.78 is 51.2. The number of benzene rings is 2. The first-order valence-corrected chi connectivity index (χ1v) is 6.42. The van der Waals surface area contributed by atoms with E-state index in [0.717, 1.165) is 0 Å². The van der Waals surface area contributed by atoms with Gasteiger partial charge in [0.05, 0.1) is 14.2 Å². The fourth-order valence-electron chi connectivity index (χ4n) is 2.34. The summed E-state index contributed by atoms with van der Waals surface area (Å²) in [6.07, 6.45) is -4.96. The summed E-state index contributed by atoms with van der Waals surface area (Å²) in [5.41, 5.74) is -4.03. The van der Waals surface area contributed by atoms with Gasteiger partial charge in [-0.05, 0) is 12.1 Å². The molecule has 0 unspecified atom stereocenters. The van der Waals surface area contributed by atoms with Crippen LogP contribution < -0.4 is 9.47 Å². The summed E-state index contributed by atoms with van der Waals surface area (Å²) in [5, 5.41) is 10.6. The molecule has 0 amide bonds. The second-order valence-corrected chi connectivity index (χ2v) is 4.61. The van der Waals surface area contributed by atoms with Crippen molar-refractivity contribution >= 4 is 0 Å².